The Labute approximate surface area is 147 Å². The zero-order chi connectivity index (χ0) is 17.6. The second-order valence-corrected chi connectivity index (χ2v) is 7.53. The van der Waals surface area contributed by atoms with Gasteiger partial charge in [0.1, 0.15) is 17.8 Å². The third kappa shape index (κ3) is 2.92. The summed E-state index contributed by atoms with van der Waals surface area (Å²) in [6.07, 6.45) is 5.46. The van der Waals surface area contributed by atoms with Crippen molar-refractivity contribution in [2.75, 3.05) is 25.0 Å². The molecule has 0 unspecified atom stereocenters. The molecule has 7 nitrogen and oxygen atoms in total. The fourth-order valence-electron chi connectivity index (χ4n) is 4.32. The number of likely N-dealkylation sites (tertiary alicyclic amines) is 1. The number of aromatic amines is 1. The molecule has 25 heavy (non-hydrogen) atoms. The average Bonchev–Trinajstić information content (AvgIpc) is 3.26. The largest absolute Gasteiger partial charge is 0.447 e. The van der Waals surface area contributed by atoms with E-state index in [1.54, 1.807) is 6.33 Å². The van der Waals surface area contributed by atoms with Gasteiger partial charge in [-0.1, -0.05) is 0 Å². The molecule has 0 aromatic carbocycles. The zero-order valence-electron chi connectivity index (χ0n) is 15.0. The van der Waals surface area contributed by atoms with E-state index >= 15 is 0 Å². The summed E-state index contributed by atoms with van der Waals surface area (Å²) in [5.41, 5.74) is 0.873. The van der Waals surface area contributed by atoms with Crippen LogP contribution >= 0.6 is 0 Å². The molecule has 134 valence electrons. The molecule has 2 fully saturated rings. The van der Waals surface area contributed by atoms with Crippen molar-refractivity contribution >= 4 is 22.9 Å². The number of ether oxygens (including phenoxy) is 1. The zero-order valence-corrected chi connectivity index (χ0v) is 15.0. The van der Waals surface area contributed by atoms with E-state index in [0.29, 0.717) is 17.9 Å². The number of carbonyl (C=O) groups is 1. The van der Waals surface area contributed by atoms with Crippen molar-refractivity contribution in [3.63, 3.8) is 0 Å². The summed E-state index contributed by atoms with van der Waals surface area (Å²) < 4.78 is 5.34. The average molecular weight is 343 g/mol. The molecule has 1 N–H and O–H groups in total. The number of hydrogen-bond donors (Lipinski definition) is 1. The van der Waals surface area contributed by atoms with E-state index in [2.05, 4.69) is 26.9 Å². The van der Waals surface area contributed by atoms with E-state index in [1.165, 1.54) is 0 Å². The van der Waals surface area contributed by atoms with Crippen molar-refractivity contribution < 1.29 is 9.53 Å². The lowest BCUT2D eigenvalue weighted by molar-refractivity contribution is 0.0812. The molecule has 0 spiro atoms. The van der Waals surface area contributed by atoms with Gasteiger partial charge in [0.2, 0.25) is 0 Å². The van der Waals surface area contributed by atoms with Gasteiger partial charge in [0, 0.05) is 32.4 Å². The Hall–Kier alpha value is -2.31. The lowest BCUT2D eigenvalue weighted by Crippen LogP contribution is -2.35. The Bertz CT molecular complexity index is 760. The molecule has 3 heterocycles. The van der Waals surface area contributed by atoms with Crippen molar-refractivity contribution in [2.24, 2.45) is 11.8 Å². The quantitative estimate of drug-likeness (QED) is 0.927. The van der Waals surface area contributed by atoms with E-state index in [4.69, 9.17) is 4.74 Å². The van der Waals surface area contributed by atoms with Crippen LogP contribution in [0.1, 0.15) is 26.7 Å². The van der Waals surface area contributed by atoms with Crippen LogP contribution in [0.25, 0.3) is 11.0 Å². The standard InChI is InChI=1S/C18H25N5O2/c1-11(2)25-18(24)23-8-12-6-14(7-13(12)9-23)22(3)17-15-4-5-19-16(15)20-10-21-17/h4-5,10-14H,6-9H2,1-3H3,(H,19,20,21)/t12-,13+,14-. The van der Waals surface area contributed by atoms with Crippen LogP contribution in [0, 0.1) is 11.8 Å². The number of anilines is 1. The molecule has 2 aromatic rings. The van der Waals surface area contributed by atoms with E-state index in [0.717, 1.165) is 42.8 Å². The van der Waals surface area contributed by atoms with Gasteiger partial charge >= 0.3 is 6.09 Å². The van der Waals surface area contributed by atoms with Crippen molar-refractivity contribution in [1.82, 2.24) is 19.9 Å². The van der Waals surface area contributed by atoms with Crippen LogP contribution in [0.5, 0.6) is 0 Å². The van der Waals surface area contributed by atoms with Gasteiger partial charge < -0.3 is 19.5 Å². The first-order chi connectivity index (χ1) is 12.0. The summed E-state index contributed by atoms with van der Waals surface area (Å²) >= 11 is 0. The molecular weight excluding hydrogens is 318 g/mol. The van der Waals surface area contributed by atoms with Crippen LogP contribution in [0.4, 0.5) is 10.6 Å². The molecule has 1 aliphatic heterocycles. The number of hydrogen-bond acceptors (Lipinski definition) is 5. The number of nitrogens with zero attached hydrogens (tertiary/aromatic N) is 4. The Morgan fingerprint density at radius 1 is 1.32 bits per heavy atom. The molecule has 1 aliphatic carbocycles. The van der Waals surface area contributed by atoms with Gasteiger partial charge in [-0.2, -0.15) is 0 Å². The molecule has 0 bridgehead atoms. The van der Waals surface area contributed by atoms with Crippen LogP contribution < -0.4 is 4.90 Å². The summed E-state index contributed by atoms with van der Waals surface area (Å²) in [7, 11) is 2.12. The van der Waals surface area contributed by atoms with Crippen molar-refractivity contribution in [3.8, 4) is 0 Å². The minimum absolute atomic E-state index is 0.0617. The van der Waals surface area contributed by atoms with Crippen molar-refractivity contribution in [3.05, 3.63) is 18.6 Å². The molecule has 2 aromatic heterocycles. The molecule has 7 heteroatoms. The smallest absolute Gasteiger partial charge is 0.410 e. The number of rotatable bonds is 3. The summed E-state index contributed by atoms with van der Waals surface area (Å²) in [5, 5.41) is 1.06. The highest BCUT2D eigenvalue weighted by Gasteiger charge is 2.44. The molecule has 1 amide bonds. The van der Waals surface area contributed by atoms with Gasteiger partial charge in [-0.3, -0.25) is 0 Å². The highest BCUT2D eigenvalue weighted by atomic mass is 16.6. The Kier molecular flexibility index (Phi) is 4.01. The second kappa shape index (κ2) is 6.20. The fourth-order valence-corrected chi connectivity index (χ4v) is 4.32. The minimum atomic E-state index is -0.167. The first-order valence-electron chi connectivity index (χ1n) is 8.99. The number of aromatic nitrogens is 3. The summed E-state index contributed by atoms with van der Waals surface area (Å²) in [4.78, 5) is 28.2. The summed E-state index contributed by atoms with van der Waals surface area (Å²) in [6.45, 7) is 5.40. The highest BCUT2D eigenvalue weighted by Crippen LogP contribution is 2.41. The maximum atomic E-state index is 12.1. The van der Waals surface area contributed by atoms with Crippen LogP contribution in [-0.4, -0.2) is 58.2 Å². The first kappa shape index (κ1) is 16.2. The second-order valence-electron chi connectivity index (χ2n) is 7.53. The third-order valence-corrected chi connectivity index (χ3v) is 5.54. The normalized spacial score (nSPS) is 25.6. The Morgan fingerprint density at radius 3 is 2.72 bits per heavy atom. The topological polar surface area (TPSA) is 74.3 Å². The Balaban J connectivity index is 1.43. The molecule has 1 saturated heterocycles. The predicted molar refractivity (Wildman–Crippen MR) is 95.5 cm³/mol. The molecule has 0 radical (unpaired) electrons. The minimum Gasteiger partial charge on any atom is -0.447 e. The van der Waals surface area contributed by atoms with Crippen LogP contribution in [-0.2, 0) is 4.74 Å². The molecule has 1 saturated carbocycles. The number of nitrogens with one attached hydrogen (secondary N) is 1. The van der Waals surface area contributed by atoms with Crippen molar-refractivity contribution in [1.29, 1.82) is 0 Å². The lowest BCUT2D eigenvalue weighted by Gasteiger charge is -2.28. The lowest BCUT2D eigenvalue weighted by atomic mass is 10.0. The van der Waals surface area contributed by atoms with Gasteiger partial charge in [-0.15, -0.1) is 0 Å². The van der Waals surface area contributed by atoms with Gasteiger partial charge in [0.15, 0.2) is 0 Å². The van der Waals surface area contributed by atoms with E-state index < -0.39 is 0 Å². The number of H-pyrrole nitrogens is 1. The maximum Gasteiger partial charge on any atom is 0.410 e. The first-order valence-corrected chi connectivity index (χ1v) is 8.99. The molecular formula is C18H25N5O2. The van der Waals surface area contributed by atoms with Crippen LogP contribution in [0.2, 0.25) is 0 Å². The Morgan fingerprint density at radius 2 is 2.04 bits per heavy atom. The van der Waals surface area contributed by atoms with E-state index in [9.17, 15) is 4.79 Å². The van der Waals surface area contributed by atoms with Gasteiger partial charge in [-0.25, -0.2) is 14.8 Å². The van der Waals surface area contributed by atoms with Crippen LogP contribution in [0.3, 0.4) is 0 Å². The third-order valence-electron chi connectivity index (χ3n) is 5.54. The maximum absolute atomic E-state index is 12.1. The predicted octanol–water partition coefficient (Wildman–Crippen LogP) is 2.65. The molecule has 2 aliphatic rings. The number of amides is 1. The highest BCUT2D eigenvalue weighted by molar-refractivity contribution is 5.87. The van der Waals surface area contributed by atoms with Crippen molar-refractivity contribution in [2.45, 2.75) is 38.8 Å². The van der Waals surface area contributed by atoms with E-state index in [-0.39, 0.29) is 12.2 Å². The van der Waals surface area contributed by atoms with Gasteiger partial charge in [0.25, 0.3) is 0 Å². The monoisotopic (exact) mass is 343 g/mol. The summed E-state index contributed by atoms with van der Waals surface area (Å²) in [6, 6.07) is 2.48. The van der Waals surface area contributed by atoms with Gasteiger partial charge in [-0.05, 0) is 44.6 Å². The molecule has 4 rings (SSSR count). The summed E-state index contributed by atoms with van der Waals surface area (Å²) in [5.74, 6) is 2.08. The van der Waals surface area contributed by atoms with Crippen LogP contribution in [0.15, 0.2) is 18.6 Å². The van der Waals surface area contributed by atoms with E-state index in [1.807, 2.05) is 31.0 Å². The van der Waals surface area contributed by atoms with Gasteiger partial charge in [0.05, 0.1) is 11.5 Å². The number of carbonyl (C=O) groups excluding carboxylic acids is 1. The SMILES string of the molecule is CC(C)OC(=O)N1C[C@H]2C[C@@H](N(C)c3ncnc4[nH]ccc34)C[C@H]2C1. The number of fused-ring (bicyclic) bond motifs is 2. The molecule has 3 atom stereocenters. The fraction of sp³-hybridized carbons (Fsp3) is 0.611.